The monoisotopic (exact) mass is 378 g/mol. The van der Waals surface area contributed by atoms with Crippen LogP contribution >= 0.6 is 11.8 Å². The summed E-state index contributed by atoms with van der Waals surface area (Å²) in [6.07, 6.45) is -2.93. The smallest absolute Gasteiger partial charge is 0.416 e. The van der Waals surface area contributed by atoms with E-state index in [0.717, 1.165) is 34.4 Å². The predicted octanol–water partition coefficient (Wildman–Crippen LogP) is 4.77. The number of amidine groups is 1. The number of halogens is 3. The number of hydrogen-bond acceptors (Lipinski definition) is 4. The molecule has 1 amide bonds. The van der Waals surface area contributed by atoms with Crippen LogP contribution < -0.4 is 9.64 Å². The van der Waals surface area contributed by atoms with Crippen LogP contribution in [-0.2, 0) is 11.0 Å². The van der Waals surface area contributed by atoms with Crippen molar-refractivity contribution in [2.24, 2.45) is 0 Å². The first kappa shape index (κ1) is 18.1. The van der Waals surface area contributed by atoms with Gasteiger partial charge in [-0.3, -0.25) is 15.1 Å². The molecule has 1 aliphatic rings. The fraction of sp³-hybridized carbons (Fsp3) is 0.111. The van der Waals surface area contributed by atoms with Gasteiger partial charge in [0.15, 0.2) is 5.17 Å². The van der Waals surface area contributed by atoms with Gasteiger partial charge in [0.05, 0.1) is 23.3 Å². The average Bonchev–Trinajstić information content (AvgIpc) is 2.88. The third kappa shape index (κ3) is 3.60. The zero-order valence-corrected chi connectivity index (χ0v) is 14.3. The number of amides is 1. The molecule has 0 radical (unpaired) electrons. The number of ether oxygens (including phenoxy) is 1. The van der Waals surface area contributed by atoms with E-state index in [0.29, 0.717) is 5.75 Å². The molecule has 0 aromatic heterocycles. The average molecular weight is 378 g/mol. The van der Waals surface area contributed by atoms with Gasteiger partial charge < -0.3 is 4.74 Å². The van der Waals surface area contributed by atoms with E-state index >= 15 is 0 Å². The van der Waals surface area contributed by atoms with Crippen LogP contribution in [0.2, 0.25) is 0 Å². The Bertz CT molecular complexity index is 892. The number of rotatable bonds is 3. The van der Waals surface area contributed by atoms with Crippen LogP contribution in [0.25, 0.3) is 6.08 Å². The summed E-state index contributed by atoms with van der Waals surface area (Å²) in [7, 11) is 1.54. The van der Waals surface area contributed by atoms with Crippen molar-refractivity contribution >= 4 is 34.6 Å². The normalized spacial score (nSPS) is 16.5. The highest BCUT2D eigenvalue weighted by Gasteiger charge is 2.36. The van der Waals surface area contributed by atoms with Crippen molar-refractivity contribution in [2.75, 3.05) is 12.0 Å². The van der Waals surface area contributed by atoms with Crippen LogP contribution in [0.1, 0.15) is 11.1 Å². The number of anilines is 1. The molecule has 0 unspecified atom stereocenters. The Morgan fingerprint density at radius 2 is 1.85 bits per heavy atom. The number of alkyl halides is 3. The van der Waals surface area contributed by atoms with Gasteiger partial charge in [-0.25, -0.2) is 0 Å². The minimum Gasteiger partial charge on any atom is -0.497 e. The van der Waals surface area contributed by atoms with Crippen LogP contribution in [0, 0.1) is 5.41 Å². The van der Waals surface area contributed by atoms with Crippen molar-refractivity contribution in [3.63, 3.8) is 0 Å². The van der Waals surface area contributed by atoms with Gasteiger partial charge in [0.25, 0.3) is 5.91 Å². The summed E-state index contributed by atoms with van der Waals surface area (Å²) < 4.78 is 43.7. The molecule has 2 aromatic carbocycles. The molecule has 26 heavy (non-hydrogen) atoms. The summed E-state index contributed by atoms with van der Waals surface area (Å²) >= 11 is 0.903. The maximum Gasteiger partial charge on any atom is 0.416 e. The SMILES string of the molecule is COc1ccc(/C=C2\SC(=N)N(c3cccc(C(F)(F)F)c3)C2=O)cc1. The second-order valence-electron chi connectivity index (χ2n) is 5.38. The van der Waals surface area contributed by atoms with Crippen molar-refractivity contribution in [1.29, 1.82) is 5.41 Å². The van der Waals surface area contributed by atoms with E-state index in [2.05, 4.69) is 0 Å². The molecule has 0 bridgehead atoms. The van der Waals surface area contributed by atoms with Crippen LogP contribution in [0.4, 0.5) is 18.9 Å². The lowest BCUT2D eigenvalue weighted by Gasteiger charge is -2.16. The van der Waals surface area contributed by atoms with E-state index in [1.807, 2.05) is 0 Å². The van der Waals surface area contributed by atoms with E-state index in [9.17, 15) is 18.0 Å². The molecule has 0 atom stereocenters. The van der Waals surface area contributed by atoms with Gasteiger partial charge in [-0.2, -0.15) is 13.2 Å². The van der Waals surface area contributed by atoms with Crippen LogP contribution in [0.15, 0.2) is 53.4 Å². The van der Waals surface area contributed by atoms with Crippen molar-refractivity contribution in [1.82, 2.24) is 0 Å². The summed E-state index contributed by atoms with van der Waals surface area (Å²) in [5.74, 6) is 0.131. The number of nitrogens with one attached hydrogen (secondary N) is 1. The van der Waals surface area contributed by atoms with Crippen LogP contribution in [-0.4, -0.2) is 18.2 Å². The molecule has 2 aromatic rings. The summed E-state index contributed by atoms with van der Waals surface area (Å²) in [5, 5.41) is 7.84. The van der Waals surface area contributed by atoms with Crippen molar-refractivity contribution < 1.29 is 22.7 Å². The first-order chi connectivity index (χ1) is 12.3. The van der Waals surface area contributed by atoms with Gasteiger partial charge >= 0.3 is 6.18 Å². The van der Waals surface area contributed by atoms with Crippen LogP contribution in [0.5, 0.6) is 5.75 Å². The molecular weight excluding hydrogens is 365 g/mol. The van der Waals surface area contributed by atoms with Gasteiger partial charge in [-0.05, 0) is 53.7 Å². The van der Waals surface area contributed by atoms with Gasteiger partial charge in [-0.15, -0.1) is 0 Å². The Balaban J connectivity index is 1.90. The highest BCUT2D eigenvalue weighted by atomic mass is 32.2. The standard InChI is InChI=1S/C18H13F3N2O2S/c1-25-14-7-5-11(6-8-14)9-15-16(24)23(17(22)26-15)13-4-2-3-12(10-13)18(19,20)21/h2-10,22H,1H3/b15-9-,22-17?. The summed E-state index contributed by atoms with van der Waals surface area (Å²) in [6, 6.07) is 11.3. The zero-order chi connectivity index (χ0) is 18.9. The Morgan fingerprint density at radius 1 is 1.15 bits per heavy atom. The Labute approximate surface area is 151 Å². The molecule has 8 heteroatoms. The molecule has 1 aliphatic heterocycles. The second-order valence-corrected chi connectivity index (χ2v) is 6.41. The Kier molecular flexibility index (Phi) is 4.78. The molecule has 1 heterocycles. The molecule has 1 fully saturated rings. The van der Waals surface area contributed by atoms with Crippen molar-refractivity contribution in [3.8, 4) is 5.75 Å². The quantitative estimate of drug-likeness (QED) is 0.783. The fourth-order valence-corrected chi connectivity index (χ4v) is 3.26. The number of nitrogens with zero attached hydrogens (tertiary/aromatic N) is 1. The molecule has 134 valence electrons. The number of hydrogen-bond donors (Lipinski definition) is 1. The molecule has 4 nitrogen and oxygen atoms in total. The maximum atomic E-state index is 12.9. The zero-order valence-electron chi connectivity index (χ0n) is 13.5. The molecule has 0 saturated carbocycles. The van der Waals surface area contributed by atoms with E-state index in [1.54, 1.807) is 30.3 Å². The molecule has 0 spiro atoms. The Morgan fingerprint density at radius 3 is 2.46 bits per heavy atom. The third-order valence-corrected chi connectivity index (χ3v) is 4.56. The van der Waals surface area contributed by atoms with Crippen molar-refractivity contribution in [2.45, 2.75) is 6.18 Å². The van der Waals surface area contributed by atoms with Crippen LogP contribution in [0.3, 0.4) is 0 Å². The fourth-order valence-electron chi connectivity index (χ4n) is 2.39. The number of methoxy groups -OCH3 is 1. The summed E-state index contributed by atoms with van der Waals surface area (Å²) in [6.45, 7) is 0. The molecule has 1 N–H and O–H groups in total. The molecule has 3 rings (SSSR count). The summed E-state index contributed by atoms with van der Waals surface area (Å²) in [4.78, 5) is 13.8. The largest absolute Gasteiger partial charge is 0.497 e. The molecule has 1 saturated heterocycles. The number of thioether (sulfide) groups is 1. The van der Waals surface area contributed by atoms with Gasteiger partial charge in [-0.1, -0.05) is 18.2 Å². The third-order valence-electron chi connectivity index (χ3n) is 3.67. The lowest BCUT2D eigenvalue weighted by molar-refractivity contribution is -0.137. The van der Waals surface area contributed by atoms with Gasteiger partial charge in [0.1, 0.15) is 5.75 Å². The number of carbonyl (C=O) groups excluding carboxylic acids is 1. The topological polar surface area (TPSA) is 53.4 Å². The predicted molar refractivity (Wildman–Crippen MR) is 95.2 cm³/mol. The number of benzene rings is 2. The minimum absolute atomic E-state index is 0.0143. The lowest BCUT2D eigenvalue weighted by Crippen LogP contribution is -2.28. The highest BCUT2D eigenvalue weighted by Crippen LogP contribution is 2.37. The van der Waals surface area contributed by atoms with Crippen molar-refractivity contribution in [3.05, 3.63) is 64.6 Å². The van der Waals surface area contributed by atoms with E-state index in [1.165, 1.54) is 19.2 Å². The minimum atomic E-state index is -4.52. The van der Waals surface area contributed by atoms with E-state index in [4.69, 9.17) is 10.1 Å². The number of carbonyl (C=O) groups is 1. The highest BCUT2D eigenvalue weighted by molar-refractivity contribution is 8.19. The molecular formula is C18H13F3N2O2S. The van der Waals surface area contributed by atoms with E-state index in [-0.39, 0.29) is 15.8 Å². The second kappa shape index (κ2) is 6.87. The summed E-state index contributed by atoms with van der Waals surface area (Å²) in [5.41, 5.74) is -0.131. The lowest BCUT2D eigenvalue weighted by atomic mass is 10.1. The Hall–Kier alpha value is -2.74. The maximum absolute atomic E-state index is 12.9. The molecule has 0 aliphatic carbocycles. The van der Waals surface area contributed by atoms with E-state index < -0.39 is 17.6 Å². The first-order valence-electron chi connectivity index (χ1n) is 7.43. The first-order valence-corrected chi connectivity index (χ1v) is 8.25. The van der Waals surface area contributed by atoms with Gasteiger partial charge in [0, 0.05) is 0 Å². The van der Waals surface area contributed by atoms with Gasteiger partial charge in [0.2, 0.25) is 0 Å².